The first-order valence-corrected chi connectivity index (χ1v) is 12.2. The minimum Gasteiger partial charge on any atom is -0.461 e. The molecule has 2 aromatic rings. The van der Waals surface area contributed by atoms with Crippen molar-refractivity contribution < 1.29 is 19.1 Å². The molecule has 2 aromatic heterocycles. The molecular formula is C24H31N7O4. The Morgan fingerprint density at radius 1 is 1.11 bits per heavy atom. The number of nitrogen functional groups attached to an aromatic ring is 1. The van der Waals surface area contributed by atoms with Crippen molar-refractivity contribution in [3.63, 3.8) is 0 Å². The quantitative estimate of drug-likeness (QED) is 0.506. The number of carbonyl (C=O) groups is 2. The molecular weight excluding hydrogens is 450 g/mol. The maximum absolute atomic E-state index is 12.7. The van der Waals surface area contributed by atoms with Crippen LogP contribution >= 0.6 is 0 Å². The van der Waals surface area contributed by atoms with Crippen molar-refractivity contribution in [2.75, 3.05) is 36.9 Å². The molecule has 0 bridgehead atoms. The van der Waals surface area contributed by atoms with Crippen molar-refractivity contribution in [3.8, 4) is 6.01 Å². The van der Waals surface area contributed by atoms with Crippen LogP contribution in [0.3, 0.4) is 0 Å². The lowest BCUT2D eigenvalue weighted by Gasteiger charge is -2.33. The third kappa shape index (κ3) is 5.61. The van der Waals surface area contributed by atoms with E-state index in [0.717, 1.165) is 50.8 Å². The van der Waals surface area contributed by atoms with Crippen LogP contribution in [0.4, 0.5) is 11.5 Å². The molecule has 3 aliphatic rings. The molecule has 5 N–H and O–H groups in total. The molecule has 4 heterocycles. The summed E-state index contributed by atoms with van der Waals surface area (Å²) in [5.74, 6) is -0.0159. The summed E-state index contributed by atoms with van der Waals surface area (Å²) in [5.41, 5.74) is 12.7. The first-order valence-electron chi connectivity index (χ1n) is 12.2. The molecule has 5 rings (SSSR count). The fourth-order valence-electron chi connectivity index (χ4n) is 4.50. The van der Waals surface area contributed by atoms with E-state index in [4.69, 9.17) is 20.9 Å². The monoisotopic (exact) mass is 481 g/mol. The van der Waals surface area contributed by atoms with Crippen molar-refractivity contribution in [2.45, 2.75) is 56.6 Å². The molecule has 2 amide bonds. The van der Waals surface area contributed by atoms with Crippen LogP contribution in [0.1, 0.15) is 71.1 Å². The second-order valence-corrected chi connectivity index (χ2v) is 9.39. The van der Waals surface area contributed by atoms with E-state index in [1.807, 2.05) is 6.07 Å². The van der Waals surface area contributed by atoms with Crippen LogP contribution in [0.2, 0.25) is 0 Å². The standard InChI is InChI=1S/C24H31N7O4/c25-17-5-6-18(28-21(17)22(26)32)14-7-9-31(10-8-14)20-12-19(23(33)27-15-3-4-15)29-24(30-20)35-13-16-2-1-11-34-16/h5-6,12,14-16H,1-4,7-11,13,25H2,(H2,26,32)(H,27,33)/t16-/m1/s1. The van der Waals surface area contributed by atoms with Crippen LogP contribution in [0.25, 0.3) is 0 Å². The summed E-state index contributed by atoms with van der Waals surface area (Å²) < 4.78 is 11.5. The van der Waals surface area contributed by atoms with E-state index in [0.29, 0.717) is 31.2 Å². The Hall–Kier alpha value is -3.47. The van der Waals surface area contributed by atoms with E-state index in [1.165, 1.54) is 0 Å². The van der Waals surface area contributed by atoms with Crippen LogP contribution in [0.5, 0.6) is 6.01 Å². The molecule has 0 spiro atoms. The van der Waals surface area contributed by atoms with Gasteiger partial charge in [-0.15, -0.1) is 0 Å². The molecule has 0 unspecified atom stereocenters. The number of hydrogen-bond donors (Lipinski definition) is 3. The van der Waals surface area contributed by atoms with E-state index in [-0.39, 0.29) is 41.4 Å². The van der Waals surface area contributed by atoms with Gasteiger partial charge in [-0.25, -0.2) is 4.98 Å². The number of piperidine rings is 1. The van der Waals surface area contributed by atoms with Crippen molar-refractivity contribution in [1.82, 2.24) is 20.3 Å². The van der Waals surface area contributed by atoms with E-state index in [2.05, 4.69) is 25.2 Å². The van der Waals surface area contributed by atoms with Gasteiger partial charge in [-0.1, -0.05) is 0 Å². The van der Waals surface area contributed by atoms with E-state index < -0.39 is 5.91 Å². The maximum Gasteiger partial charge on any atom is 0.319 e. The van der Waals surface area contributed by atoms with E-state index >= 15 is 0 Å². The average molecular weight is 482 g/mol. The van der Waals surface area contributed by atoms with Gasteiger partial charge >= 0.3 is 6.01 Å². The summed E-state index contributed by atoms with van der Waals surface area (Å²) >= 11 is 0. The molecule has 2 saturated heterocycles. The summed E-state index contributed by atoms with van der Waals surface area (Å²) in [6, 6.07) is 5.67. The third-order valence-corrected chi connectivity index (χ3v) is 6.68. The van der Waals surface area contributed by atoms with Crippen molar-refractivity contribution in [1.29, 1.82) is 0 Å². The number of carbonyl (C=O) groups excluding carboxylic acids is 2. The summed E-state index contributed by atoms with van der Waals surface area (Å²) in [6.07, 6.45) is 5.58. The molecule has 11 heteroatoms. The summed E-state index contributed by atoms with van der Waals surface area (Å²) in [6.45, 7) is 2.51. The molecule has 1 saturated carbocycles. The lowest BCUT2D eigenvalue weighted by molar-refractivity contribution is 0.0643. The molecule has 3 fully saturated rings. The third-order valence-electron chi connectivity index (χ3n) is 6.68. The Kier molecular flexibility index (Phi) is 6.67. The lowest BCUT2D eigenvalue weighted by Crippen LogP contribution is -2.35. The van der Waals surface area contributed by atoms with Gasteiger partial charge in [0.05, 0.1) is 11.8 Å². The van der Waals surface area contributed by atoms with Gasteiger partial charge in [0, 0.05) is 43.4 Å². The highest BCUT2D eigenvalue weighted by atomic mass is 16.5. The van der Waals surface area contributed by atoms with Gasteiger partial charge in [0.25, 0.3) is 11.8 Å². The summed E-state index contributed by atoms with van der Waals surface area (Å²) in [7, 11) is 0. The number of nitrogens with one attached hydrogen (secondary N) is 1. The highest BCUT2D eigenvalue weighted by Gasteiger charge is 2.28. The van der Waals surface area contributed by atoms with E-state index in [9.17, 15) is 9.59 Å². The Balaban J connectivity index is 1.30. The van der Waals surface area contributed by atoms with Crippen molar-refractivity contribution in [3.05, 3.63) is 35.3 Å². The Morgan fingerprint density at radius 2 is 1.91 bits per heavy atom. The van der Waals surface area contributed by atoms with Crippen LogP contribution in [-0.2, 0) is 4.74 Å². The number of nitrogens with two attached hydrogens (primary N) is 2. The molecule has 11 nitrogen and oxygen atoms in total. The zero-order chi connectivity index (χ0) is 24.4. The number of pyridine rings is 1. The normalized spacial score (nSPS) is 20.6. The number of anilines is 2. The maximum atomic E-state index is 12.7. The Bertz CT molecular complexity index is 1090. The Labute approximate surface area is 203 Å². The predicted molar refractivity (Wildman–Crippen MR) is 128 cm³/mol. The predicted octanol–water partition coefficient (Wildman–Crippen LogP) is 1.39. The number of ether oxygens (including phenoxy) is 2. The summed E-state index contributed by atoms with van der Waals surface area (Å²) in [4.78, 5) is 39.9. The minimum absolute atomic E-state index is 0.0273. The highest BCUT2D eigenvalue weighted by Crippen LogP contribution is 2.31. The van der Waals surface area contributed by atoms with Gasteiger partial charge in [0.2, 0.25) is 0 Å². The van der Waals surface area contributed by atoms with Crippen LogP contribution in [-0.4, -0.2) is 65.2 Å². The number of nitrogens with zero attached hydrogens (tertiary/aromatic N) is 4. The van der Waals surface area contributed by atoms with Crippen molar-refractivity contribution >= 4 is 23.3 Å². The first-order chi connectivity index (χ1) is 17.0. The zero-order valence-corrected chi connectivity index (χ0v) is 19.6. The molecule has 2 aliphatic heterocycles. The van der Waals surface area contributed by atoms with Crippen molar-refractivity contribution in [2.24, 2.45) is 5.73 Å². The molecule has 1 aliphatic carbocycles. The molecule has 0 aromatic carbocycles. The van der Waals surface area contributed by atoms with Crippen LogP contribution < -0.4 is 26.4 Å². The van der Waals surface area contributed by atoms with Gasteiger partial charge in [0.1, 0.15) is 18.1 Å². The van der Waals surface area contributed by atoms with Crippen LogP contribution in [0.15, 0.2) is 18.2 Å². The highest BCUT2D eigenvalue weighted by molar-refractivity contribution is 5.96. The first kappa shape index (κ1) is 23.3. The molecule has 1 atom stereocenters. The van der Waals surface area contributed by atoms with Gasteiger partial charge in [0.15, 0.2) is 5.69 Å². The fraction of sp³-hybridized carbons (Fsp3) is 0.542. The van der Waals surface area contributed by atoms with Gasteiger partial charge in [-0.2, -0.15) is 9.97 Å². The molecule has 186 valence electrons. The topological polar surface area (TPSA) is 159 Å². The second kappa shape index (κ2) is 10.0. The SMILES string of the molecule is NC(=O)c1nc(C2CCN(c3cc(C(=O)NC4CC4)nc(OC[C@H]4CCCO4)n3)CC2)ccc1N. The van der Waals surface area contributed by atoms with Gasteiger partial charge in [-0.05, 0) is 50.7 Å². The summed E-state index contributed by atoms with van der Waals surface area (Å²) in [5, 5.41) is 2.99. The molecule has 0 radical (unpaired) electrons. The van der Waals surface area contributed by atoms with Gasteiger partial charge in [-0.3, -0.25) is 9.59 Å². The lowest BCUT2D eigenvalue weighted by atomic mass is 9.92. The van der Waals surface area contributed by atoms with E-state index in [1.54, 1.807) is 12.1 Å². The Morgan fingerprint density at radius 3 is 2.60 bits per heavy atom. The fourth-order valence-corrected chi connectivity index (χ4v) is 4.50. The number of aromatic nitrogens is 3. The number of primary amides is 1. The zero-order valence-electron chi connectivity index (χ0n) is 19.6. The average Bonchev–Trinajstić information content (AvgIpc) is 3.52. The minimum atomic E-state index is -0.629. The number of amides is 2. The second-order valence-electron chi connectivity index (χ2n) is 9.39. The largest absolute Gasteiger partial charge is 0.461 e. The molecule has 35 heavy (non-hydrogen) atoms. The number of rotatable bonds is 8. The van der Waals surface area contributed by atoms with Crippen LogP contribution in [0, 0.1) is 0 Å². The van der Waals surface area contributed by atoms with Gasteiger partial charge < -0.3 is 31.2 Å². The smallest absolute Gasteiger partial charge is 0.319 e. The number of hydrogen-bond acceptors (Lipinski definition) is 9.